The van der Waals surface area contributed by atoms with E-state index in [1.54, 1.807) is 23.6 Å². The van der Waals surface area contributed by atoms with Crippen LogP contribution in [0.15, 0.2) is 22.9 Å². The molecule has 7 nitrogen and oxygen atoms in total. The summed E-state index contributed by atoms with van der Waals surface area (Å²) in [6, 6.07) is 1.58. The lowest BCUT2D eigenvalue weighted by molar-refractivity contribution is -0.386. The molecule has 2 aromatic rings. The van der Waals surface area contributed by atoms with Crippen LogP contribution in [-0.4, -0.2) is 26.9 Å². The van der Waals surface area contributed by atoms with E-state index in [1.165, 1.54) is 6.20 Å². The molecule has 0 aliphatic carbocycles. The van der Waals surface area contributed by atoms with Crippen molar-refractivity contribution in [3.8, 4) is 0 Å². The fourth-order valence-electron chi connectivity index (χ4n) is 1.77. The molecule has 0 aliphatic heterocycles. The molecule has 0 amide bonds. The normalized spacial score (nSPS) is 10.7. The molecule has 106 valence electrons. The zero-order valence-electron chi connectivity index (χ0n) is 10.7. The van der Waals surface area contributed by atoms with E-state index in [1.807, 2.05) is 0 Å². The van der Waals surface area contributed by atoms with Gasteiger partial charge in [0.1, 0.15) is 10.1 Å². The number of ether oxygens (including phenoxy) is 1. The maximum Gasteiger partial charge on any atom is 0.306 e. The second-order valence-corrected chi connectivity index (χ2v) is 4.92. The Morgan fingerprint density at radius 3 is 2.95 bits per heavy atom. The molecule has 2 rings (SSSR count). The Balaban J connectivity index is 2.21. The molecule has 8 heteroatoms. The molecule has 0 unspecified atom stereocenters. The first kappa shape index (κ1) is 14.4. The Labute approximate surface area is 122 Å². The van der Waals surface area contributed by atoms with Gasteiger partial charge < -0.3 is 4.74 Å². The van der Waals surface area contributed by atoms with Gasteiger partial charge >= 0.3 is 5.97 Å². The lowest BCUT2D eigenvalue weighted by atomic mass is 10.2. The molecular formula is C12H12BrN3O4. The van der Waals surface area contributed by atoms with E-state index in [2.05, 4.69) is 20.9 Å². The number of halogens is 1. The quantitative estimate of drug-likeness (QED) is 0.473. The van der Waals surface area contributed by atoms with Gasteiger partial charge in [-0.2, -0.15) is 0 Å². The van der Waals surface area contributed by atoms with Crippen LogP contribution in [0, 0.1) is 10.1 Å². The van der Waals surface area contributed by atoms with Crippen molar-refractivity contribution >= 4 is 33.2 Å². The summed E-state index contributed by atoms with van der Waals surface area (Å²) in [6.45, 7) is 2.10. The lowest BCUT2D eigenvalue weighted by Gasteiger charge is -1.98. The van der Waals surface area contributed by atoms with Crippen LogP contribution >= 0.6 is 15.9 Å². The Hall–Kier alpha value is -1.96. The third kappa shape index (κ3) is 3.13. The number of fused-ring (bicyclic) bond motifs is 1. The van der Waals surface area contributed by atoms with Crippen LogP contribution in [0.2, 0.25) is 0 Å². The highest BCUT2D eigenvalue weighted by Crippen LogP contribution is 2.26. The molecule has 2 aromatic heterocycles. The summed E-state index contributed by atoms with van der Waals surface area (Å²) in [6.07, 6.45) is 3.74. The summed E-state index contributed by atoms with van der Waals surface area (Å²) in [5, 5.41) is 10.8. The minimum Gasteiger partial charge on any atom is -0.466 e. The number of aromatic nitrogens is 2. The molecular weight excluding hydrogens is 330 g/mol. The molecule has 0 N–H and O–H groups in total. The number of nitro groups is 1. The largest absolute Gasteiger partial charge is 0.466 e. The molecule has 0 saturated heterocycles. The van der Waals surface area contributed by atoms with E-state index in [9.17, 15) is 14.9 Å². The highest BCUT2D eigenvalue weighted by atomic mass is 79.9. The number of aryl methyl sites for hydroxylation is 1. The number of imidazole rings is 1. The van der Waals surface area contributed by atoms with Crippen molar-refractivity contribution in [1.82, 2.24) is 9.38 Å². The van der Waals surface area contributed by atoms with Crippen molar-refractivity contribution in [2.45, 2.75) is 19.8 Å². The standard InChI is InChI=1S/C12H12BrN3O4/c1-2-20-12(17)4-3-8-6-15-7-10(16(18)19)9(13)5-11(15)14-8/h5-7H,2-4H2,1H3. The minimum atomic E-state index is -0.470. The number of nitrogens with zero attached hydrogens (tertiary/aromatic N) is 3. The highest BCUT2D eigenvalue weighted by Gasteiger charge is 2.15. The van der Waals surface area contributed by atoms with Crippen molar-refractivity contribution in [3.05, 3.63) is 38.7 Å². The Kier molecular flexibility index (Phi) is 4.33. The number of carbonyl (C=O) groups is 1. The minimum absolute atomic E-state index is 0.0353. The van der Waals surface area contributed by atoms with E-state index < -0.39 is 4.92 Å². The first-order chi connectivity index (χ1) is 9.51. The topological polar surface area (TPSA) is 86.7 Å². The van der Waals surface area contributed by atoms with E-state index in [4.69, 9.17) is 4.74 Å². The Bertz CT molecular complexity index is 668. The van der Waals surface area contributed by atoms with Gasteiger partial charge in [-0.15, -0.1) is 0 Å². The predicted molar refractivity (Wildman–Crippen MR) is 74.5 cm³/mol. The molecule has 0 spiro atoms. The van der Waals surface area contributed by atoms with Crippen molar-refractivity contribution in [2.24, 2.45) is 0 Å². The highest BCUT2D eigenvalue weighted by molar-refractivity contribution is 9.10. The molecule has 0 aliphatic rings. The van der Waals surface area contributed by atoms with Crippen LogP contribution in [0.4, 0.5) is 5.69 Å². The third-order valence-electron chi connectivity index (χ3n) is 2.66. The number of pyridine rings is 1. The summed E-state index contributed by atoms with van der Waals surface area (Å²) in [5.74, 6) is -0.281. The molecule has 20 heavy (non-hydrogen) atoms. The molecule has 2 heterocycles. The average molecular weight is 342 g/mol. The van der Waals surface area contributed by atoms with Gasteiger partial charge in [0.05, 0.1) is 29.8 Å². The van der Waals surface area contributed by atoms with Crippen LogP contribution in [0.5, 0.6) is 0 Å². The number of carbonyl (C=O) groups excluding carboxylic acids is 1. The fourth-order valence-corrected chi connectivity index (χ4v) is 2.22. The smallest absolute Gasteiger partial charge is 0.306 e. The lowest BCUT2D eigenvalue weighted by Crippen LogP contribution is -2.05. The van der Waals surface area contributed by atoms with Gasteiger partial charge in [0, 0.05) is 18.7 Å². The first-order valence-electron chi connectivity index (χ1n) is 5.98. The van der Waals surface area contributed by atoms with Gasteiger partial charge in [-0.25, -0.2) is 4.98 Å². The van der Waals surface area contributed by atoms with Crippen molar-refractivity contribution in [2.75, 3.05) is 6.61 Å². The van der Waals surface area contributed by atoms with Crippen LogP contribution in [0.3, 0.4) is 0 Å². The summed E-state index contributed by atoms with van der Waals surface area (Å²) < 4.78 is 6.78. The maximum absolute atomic E-state index is 11.3. The van der Waals surface area contributed by atoms with E-state index >= 15 is 0 Å². The number of rotatable bonds is 5. The van der Waals surface area contributed by atoms with E-state index in [0.717, 1.165) is 0 Å². The molecule has 0 fully saturated rings. The Morgan fingerprint density at radius 1 is 1.55 bits per heavy atom. The van der Waals surface area contributed by atoms with Gasteiger partial charge in [-0.3, -0.25) is 19.3 Å². The second-order valence-electron chi connectivity index (χ2n) is 4.07. The molecule has 0 aromatic carbocycles. The zero-order valence-corrected chi connectivity index (χ0v) is 12.3. The van der Waals surface area contributed by atoms with Crippen molar-refractivity contribution < 1.29 is 14.5 Å². The van der Waals surface area contributed by atoms with Gasteiger partial charge in [-0.05, 0) is 22.9 Å². The summed E-state index contributed by atoms with van der Waals surface area (Å²) >= 11 is 3.14. The molecule has 0 atom stereocenters. The zero-order chi connectivity index (χ0) is 14.7. The monoisotopic (exact) mass is 341 g/mol. The van der Waals surface area contributed by atoms with Gasteiger partial charge in [-0.1, -0.05) is 0 Å². The van der Waals surface area contributed by atoms with Crippen molar-refractivity contribution in [1.29, 1.82) is 0 Å². The summed E-state index contributed by atoms with van der Waals surface area (Å²) in [5.41, 5.74) is 1.23. The number of hydrogen-bond acceptors (Lipinski definition) is 5. The van der Waals surface area contributed by atoms with Gasteiger partial charge in [0.25, 0.3) is 5.69 Å². The number of hydrogen-bond donors (Lipinski definition) is 0. The van der Waals surface area contributed by atoms with E-state index in [0.29, 0.717) is 28.8 Å². The fraction of sp³-hybridized carbons (Fsp3) is 0.333. The summed E-state index contributed by atoms with van der Waals surface area (Å²) in [4.78, 5) is 26.0. The SMILES string of the molecule is CCOC(=O)CCc1cn2cc([N+](=O)[O-])c(Br)cc2n1. The third-order valence-corrected chi connectivity index (χ3v) is 3.30. The summed E-state index contributed by atoms with van der Waals surface area (Å²) in [7, 11) is 0. The van der Waals surface area contributed by atoms with Crippen molar-refractivity contribution in [3.63, 3.8) is 0 Å². The maximum atomic E-state index is 11.3. The average Bonchev–Trinajstić information content (AvgIpc) is 2.77. The molecule has 0 radical (unpaired) electrons. The van der Waals surface area contributed by atoms with Gasteiger partial charge in [0.2, 0.25) is 0 Å². The Morgan fingerprint density at radius 2 is 2.30 bits per heavy atom. The van der Waals surface area contributed by atoms with Crippen LogP contribution in [0.1, 0.15) is 19.0 Å². The number of esters is 1. The van der Waals surface area contributed by atoms with E-state index in [-0.39, 0.29) is 18.1 Å². The predicted octanol–water partition coefficient (Wildman–Crippen LogP) is 2.50. The van der Waals surface area contributed by atoms with Crippen LogP contribution < -0.4 is 0 Å². The molecule has 0 bridgehead atoms. The first-order valence-corrected chi connectivity index (χ1v) is 6.77. The van der Waals surface area contributed by atoms with Gasteiger partial charge in [0.15, 0.2) is 0 Å². The second kappa shape index (κ2) is 6.00. The van der Waals surface area contributed by atoms with Crippen LogP contribution in [-0.2, 0) is 16.0 Å². The van der Waals surface area contributed by atoms with Crippen LogP contribution in [0.25, 0.3) is 5.65 Å². The molecule has 0 saturated carbocycles.